The van der Waals surface area contributed by atoms with E-state index in [0.717, 1.165) is 12.3 Å². The van der Waals surface area contributed by atoms with Gasteiger partial charge < -0.3 is 10.1 Å². The zero-order chi connectivity index (χ0) is 10.7. The predicted octanol–water partition coefficient (Wildman–Crippen LogP) is 2.55. The number of hydrogen-bond donors (Lipinski definition) is 1. The molecule has 82 valence electrons. The van der Waals surface area contributed by atoms with Crippen molar-refractivity contribution in [2.24, 2.45) is 0 Å². The van der Waals surface area contributed by atoms with E-state index in [-0.39, 0.29) is 0 Å². The summed E-state index contributed by atoms with van der Waals surface area (Å²) in [6.45, 7) is 3.34. The molecular weight excluding hydrogens is 186 g/mol. The van der Waals surface area contributed by atoms with E-state index in [0.29, 0.717) is 12.0 Å². The van der Waals surface area contributed by atoms with Crippen molar-refractivity contribution in [1.82, 2.24) is 5.32 Å². The van der Waals surface area contributed by atoms with Crippen LogP contribution < -0.4 is 10.1 Å². The van der Waals surface area contributed by atoms with Crippen LogP contribution in [0.5, 0.6) is 5.75 Å². The van der Waals surface area contributed by atoms with Crippen LogP contribution >= 0.6 is 0 Å². The lowest BCUT2D eigenvalue weighted by molar-refractivity contribution is 0.382. The van der Waals surface area contributed by atoms with Gasteiger partial charge in [0.25, 0.3) is 0 Å². The van der Waals surface area contributed by atoms with Gasteiger partial charge in [0, 0.05) is 12.6 Å². The van der Waals surface area contributed by atoms with Crippen LogP contribution in [0.2, 0.25) is 0 Å². The smallest absolute Gasteiger partial charge is 0.119 e. The normalized spacial score (nSPS) is 26.3. The second kappa shape index (κ2) is 4.67. The Morgan fingerprint density at radius 2 is 2.20 bits per heavy atom. The van der Waals surface area contributed by atoms with Crippen LogP contribution in [0.15, 0.2) is 24.3 Å². The molecule has 1 aromatic rings. The Morgan fingerprint density at radius 1 is 1.33 bits per heavy atom. The number of ether oxygens (including phenoxy) is 1. The fraction of sp³-hybridized carbons (Fsp3) is 0.538. The Kier molecular flexibility index (Phi) is 3.27. The van der Waals surface area contributed by atoms with Gasteiger partial charge >= 0.3 is 0 Å². The van der Waals surface area contributed by atoms with Crippen molar-refractivity contribution in [3.63, 3.8) is 0 Å². The fourth-order valence-corrected chi connectivity index (χ4v) is 2.18. The van der Waals surface area contributed by atoms with E-state index in [1.165, 1.54) is 18.4 Å². The maximum Gasteiger partial charge on any atom is 0.119 e. The number of benzene rings is 1. The van der Waals surface area contributed by atoms with Gasteiger partial charge in [-0.1, -0.05) is 12.1 Å². The van der Waals surface area contributed by atoms with E-state index in [1.807, 2.05) is 6.07 Å². The Morgan fingerprint density at radius 3 is 2.87 bits per heavy atom. The summed E-state index contributed by atoms with van der Waals surface area (Å²) in [4.78, 5) is 0. The largest absolute Gasteiger partial charge is 0.497 e. The number of piperidine rings is 1. The predicted molar refractivity (Wildman–Crippen MR) is 62.4 cm³/mol. The van der Waals surface area contributed by atoms with Gasteiger partial charge in [0.1, 0.15) is 5.75 Å². The van der Waals surface area contributed by atoms with Gasteiger partial charge in [-0.25, -0.2) is 0 Å². The average molecular weight is 205 g/mol. The van der Waals surface area contributed by atoms with Gasteiger partial charge in [0.2, 0.25) is 0 Å². The van der Waals surface area contributed by atoms with E-state index >= 15 is 0 Å². The van der Waals surface area contributed by atoms with Gasteiger partial charge in [-0.05, 0) is 43.4 Å². The molecule has 2 rings (SSSR count). The minimum Gasteiger partial charge on any atom is -0.497 e. The van der Waals surface area contributed by atoms with Crippen LogP contribution in [0.1, 0.15) is 31.2 Å². The SMILES string of the molecule is COc1cccc(C2CCC(C)NC2)c1. The van der Waals surface area contributed by atoms with Gasteiger partial charge in [0.15, 0.2) is 0 Å². The molecule has 0 radical (unpaired) electrons. The summed E-state index contributed by atoms with van der Waals surface area (Å²) < 4.78 is 5.25. The third-order valence-corrected chi connectivity index (χ3v) is 3.23. The van der Waals surface area contributed by atoms with Crippen molar-refractivity contribution in [2.75, 3.05) is 13.7 Å². The second-order valence-electron chi connectivity index (χ2n) is 4.36. The van der Waals surface area contributed by atoms with Crippen LogP contribution in [-0.4, -0.2) is 19.7 Å². The van der Waals surface area contributed by atoms with Crippen molar-refractivity contribution < 1.29 is 4.74 Å². The van der Waals surface area contributed by atoms with Crippen LogP contribution in [0, 0.1) is 0 Å². The van der Waals surface area contributed by atoms with Crippen LogP contribution in [0.4, 0.5) is 0 Å². The van der Waals surface area contributed by atoms with Crippen molar-refractivity contribution in [2.45, 2.75) is 31.7 Å². The molecule has 1 heterocycles. The highest BCUT2D eigenvalue weighted by Crippen LogP contribution is 2.27. The lowest BCUT2D eigenvalue weighted by atomic mass is 9.89. The zero-order valence-electron chi connectivity index (χ0n) is 9.49. The van der Waals surface area contributed by atoms with Crippen molar-refractivity contribution in [3.8, 4) is 5.75 Å². The Bertz CT molecular complexity index is 316. The van der Waals surface area contributed by atoms with Crippen molar-refractivity contribution in [3.05, 3.63) is 29.8 Å². The first kappa shape index (κ1) is 10.5. The first-order valence-electron chi connectivity index (χ1n) is 5.67. The molecule has 1 aromatic carbocycles. The lowest BCUT2D eigenvalue weighted by Crippen LogP contribution is -2.35. The quantitative estimate of drug-likeness (QED) is 0.801. The topological polar surface area (TPSA) is 21.3 Å². The van der Waals surface area contributed by atoms with Gasteiger partial charge in [-0.2, -0.15) is 0 Å². The number of hydrogen-bond acceptors (Lipinski definition) is 2. The third-order valence-electron chi connectivity index (χ3n) is 3.23. The van der Waals surface area contributed by atoms with Crippen LogP contribution in [-0.2, 0) is 0 Å². The molecule has 0 amide bonds. The van der Waals surface area contributed by atoms with E-state index in [1.54, 1.807) is 7.11 Å². The molecule has 2 atom stereocenters. The molecule has 2 nitrogen and oxygen atoms in total. The zero-order valence-corrected chi connectivity index (χ0v) is 9.49. The van der Waals surface area contributed by atoms with E-state index < -0.39 is 0 Å². The monoisotopic (exact) mass is 205 g/mol. The molecule has 1 aliphatic rings. The second-order valence-corrected chi connectivity index (χ2v) is 4.36. The number of rotatable bonds is 2. The van der Waals surface area contributed by atoms with E-state index in [9.17, 15) is 0 Å². The van der Waals surface area contributed by atoms with E-state index in [2.05, 4.69) is 30.4 Å². The maximum absolute atomic E-state index is 5.25. The minimum absolute atomic E-state index is 0.649. The summed E-state index contributed by atoms with van der Waals surface area (Å²) in [6.07, 6.45) is 2.54. The van der Waals surface area contributed by atoms with Crippen LogP contribution in [0.3, 0.4) is 0 Å². The van der Waals surface area contributed by atoms with E-state index in [4.69, 9.17) is 4.74 Å². The number of methoxy groups -OCH3 is 1. The third kappa shape index (κ3) is 2.51. The fourth-order valence-electron chi connectivity index (χ4n) is 2.18. The summed E-state index contributed by atoms with van der Waals surface area (Å²) in [5.41, 5.74) is 1.40. The molecule has 1 N–H and O–H groups in total. The lowest BCUT2D eigenvalue weighted by Gasteiger charge is -2.28. The molecule has 1 aliphatic heterocycles. The first-order chi connectivity index (χ1) is 7.29. The summed E-state index contributed by atoms with van der Waals surface area (Å²) in [5, 5.41) is 3.53. The maximum atomic E-state index is 5.25. The highest BCUT2D eigenvalue weighted by Gasteiger charge is 2.18. The van der Waals surface area contributed by atoms with Gasteiger partial charge in [0.05, 0.1) is 7.11 Å². The minimum atomic E-state index is 0.649. The Labute approximate surface area is 91.6 Å². The Balaban J connectivity index is 2.08. The molecule has 2 heteroatoms. The molecule has 1 saturated heterocycles. The summed E-state index contributed by atoms with van der Waals surface area (Å²) in [6, 6.07) is 9.11. The molecule has 15 heavy (non-hydrogen) atoms. The highest BCUT2D eigenvalue weighted by atomic mass is 16.5. The Hall–Kier alpha value is -1.02. The van der Waals surface area contributed by atoms with Gasteiger partial charge in [-0.3, -0.25) is 0 Å². The molecule has 1 fully saturated rings. The average Bonchev–Trinajstić information content (AvgIpc) is 2.30. The highest BCUT2D eigenvalue weighted by molar-refractivity contribution is 5.31. The molecule has 0 spiro atoms. The number of nitrogens with one attached hydrogen (secondary N) is 1. The molecule has 0 aromatic heterocycles. The summed E-state index contributed by atoms with van der Waals surface area (Å²) in [5.74, 6) is 1.61. The summed E-state index contributed by atoms with van der Waals surface area (Å²) in [7, 11) is 1.72. The van der Waals surface area contributed by atoms with Gasteiger partial charge in [-0.15, -0.1) is 0 Å². The molecular formula is C13H19NO. The molecule has 0 saturated carbocycles. The first-order valence-corrected chi connectivity index (χ1v) is 5.67. The molecule has 0 aliphatic carbocycles. The standard InChI is InChI=1S/C13H19NO/c1-10-6-7-12(9-14-10)11-4-3-5-13(8-11)15-2/h3-5,8,10,12,14H,6-7,9H2,1-2H3. The van der Waals surface area contributed by atoms with Crippen molar-refractivity contribution >= 4 is 0 Å². The summed E-state index contributed by atoms with van der Waals surface area (Å²) >= 11 is 0. The molecule has 2 unspecified atom stereocenters. The van der Waals surface area contributed by atoms with Crippen molar-refractivity contribution in [1.29, 1.82) is 0 Å². The molecule has 0 bridgehead atoms. The van der Waals surface area contributed by atoms with Crippen LogP contribution in [0.25, 0.3) is 0 Å².